The first-order valence-corrected chi connectivity index (χ1v) is 8.30. The van der Waals surface area contributed by atoms with Gasteiger partial charge < -0.3 is 24.3 Å². The van der Waals surface area contributed by atoms with Crippen molar-refractivity contribution in [1.82, 2.24) is 0 Å². The van der Waals surface area contributed by atoms with Crippen molar-refractivity contribution < 1.29 is 28.5 Å². The highest BCUT2D eigenvalue weighted by Gasteiger charge is 2.18. The normalized spacial score (nSPS) is 10.1. The minimum absolute atomic E-state index is 0.167. The zero-order valence-corrected chi connectivity index (χ0v) is 16.2. The first-order chi connectivity index (χ1) is 12.9. The number of hydrogen-bond donors (Lipinski definition) is 1. The lowest BCUT2D eigenvalue weighted by Gasteiger charge is -2.14. The Kier molecular flexibility index (Phi) is 6.90. The van der Waals surface area contributed by atoms with E-state index in [0.29, 0.717) is 28.0 Å². The third kappa shape index (κ3) is 5.04. The van der Waals surface area contributed by atoms with Crippen LogP contribution in [0.3, 0.4) is 0 Å². The summed E-state index contributed by atoms with van der Waals surface area (Å²) in [6.45, 7) is 1.36. The third-order valence-electron chi connectivity index (χ3n) is 3.70. The van der Waals surface area contributed by atoms with Crippen molar-refractivity contribution in [2.24, 2.45) is 0 Å². The molecule has 0 aliphatic rings. The quantitative estimate of drug-likeness (QED) is 0.725. The molecule has 144 valence electrons. The Morgan fingerprint density at radius 2 is 1.63 bits per heavy atom. The van der Waals surface area contributed by atoms with Gasteiger partial charge in [-0.1, -0.05) is 11.6 Å². The van der Waals surface area contributed by atoms with Gasteiger partial charge in [0.1, 0.15) is 0 Å². The maximum atomic E-state index is 12.3. The van der Waals surface area contributed by atoms with Gasteiger partial charge in [-0.25, -0.2) is 4.79 Å². The summed E-state index contributed by atoms with van der Waals surface area (Å²) in [5.74, 6) is -0.193. The van der Waals surface area contributed by atoms with Crippen molar-refractivity contribution in [2.45, 2.75) is 6.92 Å². The number of rotatable bonds is 7. The molecule has 2 rings (SSSR count). The van der Waals surface area contributed by atoms with Crippen LogP contribution in [0.1, 0.15) is 15.9 Å². The number of esters is 1. The van der Waals surface area contributed by atoms with Crippen molar-refractivity contribution in [3.63, 3.8) is 0 Å². The Hall–Kier alpha value is -2.93. The van der Waals surface area contributed by atoms with E-state index >= 15 is 0 Å². The molecule has 2 aromatic carbocycles. The van der Waals surface area contributed by atoms with E-state index in [1.54, 1.807) is 18.2 Å². The second-order valence-corrected chi connectivity index (χ2v) is 5.93. The number of methoxy groups -OCH3 is 3. The highest BCUT2D eigenvalue weighted by molar-refractivity contribution is 6.30. The van der Waals surface area contributed by atoms with Gasteiger partial charge in [0.2, 0.25) is 5.75 Å². The van der Waals surface area contributed by atoms with E-state index < -0.39 is 18.5 Å². The monoisotopic (exact) mass is 393 g/mol. The maximum Gasteiger partial charge on any atom is 0.338 e. The first kappa shape index (κ1) is 20.4. The van der Waals surface area contributed by atoms with Gasteiger partial charge >= 0.3 is 5.97 Å². The summed E-state index contributed by atoms with van der Waals surface area (Å²) in [5, 5.41) is 3.23. The second-order valence-electron chi connectivity index (χ2n) is 5.50. The van der Waals surface area contributed by atoms with Gasteiger partial charge in [-0.2, -0.15) is 0 Å². The average molecular weight is 394 g/mol. The number of hydrogen-bond acceptors (Lipinski definition) is 6. The molecule has 0 atom stereocenters. The van der Waals surface area contributed by atoms with E-state index in [-0.39, 0.29) is 5.56 Å². The van der Waals surface area contributed by atoms with Crippen LogP contribution in [0, 0.1) is 6.92 Å². The van der Waals surface area contributed by atoms with E-state index in [1.807, 2.05) is 6.92 Å². The van der Waals surface area contributed by atoms with E-state index in [1.165, 1.54) is 33.5 Å². The van der Waals surface area contributed by atoms with Crippen LogP contribution in [0.25, 0.3) is 0 Å². The number of anilines is 1. The van der Waals surface area contributed by atoms with E-state index in [9.17, 15) is 9.59 Å². The highest BCUT2D eigenvalue weighted by atomic mass is 35.5. The number of nitrogens with one attached hydrogen (secondary N) is 1. The molecule has 8 heteroatoms. The molecule has 0 fully saturated rings. The van der Waals surface area contributed by atoms with E-state index in [0.717, 1.165) is 5.56 Å². The summed E-state index contributed by atoms with van der Waals surface area (Å²) in [4.78, 5) is 24.3. The molecule has 0 unspecified atom stereocenters. The maximum absolute atomic E-state index is 12.3. The second kappa shape index (κ2) is 9.14. The van der Waals surface area contributed by atoms with Crippen LogP contribution < -0.4 is 19.5 Å². The third-order valence-corrected chi connectivity index (χ3v) is 3.93. The molecule has 0 aromatic heterocycles. The van der Waals surface area contributed by atoms with Gasteiger partial charge in [0.25, 0.3) is 5.91 Å². The van der Waals surface area contributed by atoms with Crippen molar-refractivity contribution in [1.29, 1.82) is 0 Å². The fourth-order valence-corrected chi connectivity index (χ4v) is 2.59. The van der Waals surface area contributed by atoms with Crippen molar-refractivity contribution >= 4 is 29.2 Å². The standard InChI is InChI=1S/C19H20ClNO6/c1-11-7-13(20)5-6-14(11)21-17(22)10-27-19(23)12-8-15(24-2)18(26-4)16(9-12)25-3/h5-9H,10H2,1-4H3,(H,21,22). The SMILES string of the molecule is COc1cc(C(=O)OCC(=O)Nc2ccc(Cl)cc2C)cc(OC)c1OC. The molecule has 0 aliphatic heterocycles. The number of benzene rings is 2. The Labute approximate surface area is 162 Å². The molecule has 7 nitrogen and oxygen atoms in total. The summed E-state index contributed by atoms with van der Waals surface area (Å²) in [6, 6.07) is 7.96. The molecule has 2 aromatic rings. The van der Waals surface area contributed by atoms with Crippen LogP contribution in [-0.2, 0) is 9.53 Å². The summed E-state index contributed by atoms with van der Waals surface area (Å²) in [6.07, 6.45) is 0. The van der Waals surface area contributed by atoms with Gasteiger partial charge in [0.15, 0.2) is 18.1 Å². The van der Waals surface area contributed by atoms with Crippen LogP contribution in [-0.4, -0.2) is 39.8 Å². The summed E-state index contributed by atoms with van der Waals surface area (Å²) < 4.78 is 20.7. The van der Waals surface area contributed by atoms with Gasteiger partial charge in [-0.3, -0.25) is 4.79 Å². The minimum Gasteiger partial charge on any atom is -0.493 e. The van der Waals surface area contributed by atoms with Crippen molar-refractivity contribution in [3.05, 3.63) is 46.5 Å². The topological polar surface area (TPSA) is 83.1 Å². The Morgan fingerprint density at radius 3 is 2.15 bits per heavy atom. The van der Waals surface area contributed by atoms with Crippen LogP contribution >= 0.6 is 11.6 Å². The molecule has 0 radical (unpaired) electrons. The minimum atomic E-state index is -0.697. The average Bonchev–Trinajstić information content (AvgIpc) is 2.66. The number of aryl methyl sites for hydroxylation is 1. The van der Waals surface area contributed by atoms with Crippen LogP contribution in [0.4, 0.5) is 5.69 Å². The zero-order chi connectivity index (χ0) is 20.0. The molecule has 27 heavy (non-hydrogen) atoms. The molecule has 0 saturated heterocycles. The smallest absolute Gasteiger partial charge is 0.338 e. The largest absolute Gasteiger partial charge is 0.493 e. The van der Waals surface area contributed by atoms with Gasteiger partial charge in [0.05, 0.1) is 26.9 Å². The van der Waals surface area contributed by atoms with Crippen molar-refractivity contribution in [3.8, 4) is 17.2 Å². The fourth-order valence-electron chi connectivity index (χ4n) is 2.37. The molecule has 0 aliphatic carbocycles. The van der Waals surface area contributed by atoms with Crippen molar-refractivity contribution in [2.75, 3.05) is 33.3 Å². The Balaban J connectivity index is 2.05. The Morgan fingerprint density at radius 1 is 1.00 bits per heavy atom. The summed E-state index contributed by atoms with van der Waals surface area (Å²) in [5.41, 5.74) is 1.56. The molecular formula is C19H20ClNO6. The van der Waals surface area contributed by atoms with E-state index in [2.05, 4.69) is 5.32 Å². The predicted molar refractivity (Wildman–Crippen MR) is 101 cm³/mol. The first-order valence-electron chi connectivity index (χ1n) is 7.92. The van der Waals surface area contributed by atoms with Crippen LogP contribution in [0.15, 0.2) is 30.3 Å². The molecule has 1 amide bonds. The molecule has 0 bridgehead atoms. The highest BCUT2D eigenvalue weighted by Crippen LogP contribution is 2.38. The molecule has 0 spiro atoms. The summed E-state index contributed by atoms with van der Waals surface area (Å²) >= 11 is 5.88. The van der Waals surface area contributed by atoms with Gasteiger partial charge in [-0.15, -0.1) is 0 Å². The van der Waals surface area contributed by atoms with Gasteiger partial charge in [0, 0.05) is 10.7 Å². The van der Waals surface area contributed by atoms with Gasteiger partial charge in [-0.05, 0) is 42.8 Å². The molecule has 1 N–H and O–H groups in total. The number of carbonyl (C=O) groups is 2. The summed E-state index contributed by atoms with van der Waals surface area (Å²) in [7, 11) is 4.34. The lowest BCUT2D eigenvalue weighted by molar-refractivity contribution is -0.119. The zero-order valence-electron chi connectivity index (χ0n) is 15.4. The number of carbonyl (C=O) groups excluding carboxylic acids is 2. The van der Waals surface area contributed by atoms with Crippen LogP contribution in [0.5, 0.6) is 17.2 Å². The lowest BCUT2D eigenvalue weighted by atomic mass is 10.2. The Bertz CT molecular complexity index is 827. The molecule has 0 saturated carbocycles. The lowest BCUT2D eigenvalue weighted by Crippen LogP contribution is -2.21. The number of halogens is 1. The predicted octanol–water partition coefficient (Wildman–Crippen LogP) is 3.47. The molecule has 0 heterocycles. The van der Waals surface area contributed by atoms with Crippen LogP contribution in [0.2, 0.25) is 5.02 Å². The molecular weight excluding hydrogens is 374 g/mol. The fraction of sp³-hybridized carbons (Fsp3) is 0.263. The van der Waals surface area contributed by atoms with E-state index in [4.69, 9.17) is 30.5 Å². The number of amides is 1. The number of ether oxygens (including phenoxy) is 4.